The van der Waals surface area contributed by atoms with Crippen molar-refractivity contribution < 1.29 is 19.3 Å². The van der Waals surface area contributed by atoms with Gasteiger partial charge in [0.2, 0.25) is 0 Å². The van der Waals surface area contributed by atoms with Crippen LogP contribution < -0.4 is 9.47 Å². The monoisotopic (exact) mass is 371 g/mol. The van der Waals surface area contributed by atoms with E-state index in [2.05, 4.69) is 26.7 Å². The zero-order valence-electron chi connectivity index (χ0n) is 15.3. The summed E-state index contributed by atoms with van der Waals surface area (Å²) in [7, 11) is 0. The number of morpholine rings is 1. The number of aliphatic hydroxyl groups excluding tert-OH is 1. The Balaban J connectivity index is 1.37. The Labute approximate surface area is 158 Å². The van der Waals surface area contributed by atoms with Crippen molar-refractivity contribution in [3.63, 3.8) is 0 Å². The van der Waals surface area contributed by atoms with Gasteiger partial charge in [0.05, 0.1) is 12.7 Å². The molecule has 2 saturated heterocycles. The van der Waals surface area contributed by atoms with Crippen molar-refractivity contribution in [3.8, 4) is 22.9 Å². The van der Waals surface area contributed by atoms with Gasteiger partial charge in [-0.25, -0.2) is 4.98 Å². The van der Waals surface area contributed by atoms with Crippen LogP contribution in [0.5, 0.6) is 11.5 Å². The maximum absolute atomic E-state index is 9.18. The van der Waals surface area contributed by atoms with E-state index in [1.54, 1.807) is 0 Å². The van der Waals surface area contributed by atoms with Crippen LogP contribution in [0.25, 0.3) is 11.4 Å². The molecular weight excluding hydrogens is 346 g/mol. The predicted molar refractivity (Wildman–Crippen MR) is 99.1 cm³/mol. The van der Waals surface area contributed by atoms with Gasteiger partial charge >= 0.3 is 0 Å². The van der Waals surface area contributed by atoms with Crippen molar-refractivity contribution >= 4 is 0 Å². The molecule has 1 N–H and O–H groups in total. The summed E-state index contributed by atoms with van der Waals surface area (Å²) in [4.78, 5) is 7.13. The Morgan fingerprint density at radius 3 is 2.89 bits per heavy atom. The minimum absolute atomic E-state index is 0.144. The summed E-state index contributed by atoms with van der Waals surface area (Å²) in [5, 5.41) is 9.18. The van der Waals surface area contributed by atoms with E-state index in [4.69, 9.17) is 14.2 Å². The molecule has 5 rings (SSSR count). The van der Waals surface area contributed by atoms with E-state index >= 15 is 0 Å². The first-order valence-electron chi connectivity index (χ1n) is 9.71. The molecule has 144 valence electrons. The zero-order valence-corrected chi connectivity index (χ0v) is 15.3. The molecule has 7 heteroatoms. The maximum atomic E-state index is 9.18. The molecule has 0 bridgehead atoms. The van der Waals surface area contributed by atoms with E-state index in [0.29, 0.717) is 31.7 Å². The molecule has 1 aromatic carbocycles. The molecule has 7 nitrogen and oxygen atoms in total. The largest absolute Gasteiger partial charge is 0.486 e. The van der Waals surface area contributed by atoms with Crippen LogP contribution in [0.15, 0.2) is 30.6 Å². The lowest BCUT2D eigenvalue weighted by Gasteiger charge is -2.34. The lowest BCUT2D eigenvalue weighted by atomic mass is 10.1. The van der Waals surface area contributed by atoms with E-state index in [1.165, 1.54) is 0 Å². The Hall–Kier alpha value is -2.09. The van der Waals surface area contributed by atoms with Gasteiger partial charge in [0.15, 0.2) is 11.5 Å². The van der Waals surface area contributed by atoms with Gasteiger partial charge in [0.25, 0.3) is 0 Å². The van der Waals surface area contributed by atoms with E-state index in [1.807, 2.05) is 18.3 Å². The molecule has 0 aliphatic carbocycles. The fourth-order valence-electron chi connectivity index (χ4n) is 4.45. The highest BCUT2D eigenvalue weighted by Crippen LogP contribution is 2.37. The minimum Gasteiger partial charge on any atom is -0.486 e. The predicted octanol–water partition coefficient (Wildman–Crippen LogP) is 1.72. The molecule has 27 heavy (non-hydrogen) atoms. The van der Waals surface area contributed by atoms with Crippen LogP contribution in [0.4, 0.5) is 0 Å². The summed E-state index contributed by atoms with van der Waals surface area (Å²) in [6.45, 7) is 4.00. The van der Waals surface area contributed by atoms with Gasteiger partial charge in [-0.15, -0.1) is 0 Å². The Bertz CT molecular complexity index is 808. The number of hydrogen-bond donors (Lipinski definition) is 1. The second-order valence-electron chi connectivity index (χ2n) is 7.48. The molecule has 3 atom stereocenters. The fourth-order valence-corrected chi connectivity index (χ4v) is 4.45. The second kappa shape index (κ2) is 7.14. The molecule has 0 saturated carbocycles. The maximum Gasteiger partial charge on any atom is 0.162 e. The van der Waals surface area contributed by atoms with Crippen molar-refractivity contribution in [2.24, 2.45) is 0 Å². The number of nitrogens with zero attached hydrogens (tertiary/aromatic N) is 3. The fraction of sp³-hybridized carbons (Fsp3) is 0.550. The van der Waals surface area contributed by atoms with Gasteiger partial charge in [-0.2, -0.15) is 0 Å². The number of rotatable bonds is 4. The van der Waals surface area contributed by atoms with E-state index in [-0.39, 0.29) is 12.7 Å². The van der Waals surface area contributed by atoms with Gasteiger partial charge in [-0.05, 0) is 31.0 Å². The molecule has 3 aliphatic heterocycles. The van der Waals surface area contributed by atoms with Crippen molar-refractivity contribution in [2.45, 2.75) is 31.0 Å². The second-order valence-corrected chi connectivity index (χ2v) is 7.48. The molecule has 0 spiro atoms. The molecular formula is C20H25N3O4. The van der Waals surface area contributed by atoms with Crippen LogP contribution in [0.1, 0.15) is 18.9 Å². The number of aliphatic hydroxyl groups is 1. The van der Waals surface area contributed by atoms with Crippen LogP contribution in [0.2, 0.25) is 0 Å². The zero-order chi connectivity index (χ0) is 18.2. The summed E-state index contributed by atoms with van der Waals surface area (Å²) >= 11 is 0. The number of benzene rings is 1. The Morgan fingerprint density at radius 2 is 2.00 bits per heavy atom. The number of fused-ring (bicyclic) bond motifs is 2. The highest BCUT2D eigenvalue weighted by molar-refractivity contribution is 5.62. The molecule has 0 amide bonds. The summed E-state index contributed by atoms with van der Waals surface area (Å²) in [6, 6.07) is 6.86. The quantitative estimate of drug-likeness (QED) is 0.883. The molecule has 4 heterocycles. The van der Waals surface area contributed by atoms with Crippen molar-refractivity contribution in [2.75, 3.05) is 39.5 Å². The number of aromatic nitrogens is 2. The summed E-state index contributed by atoms with van der Waals surface area (Å²) < 4.78 is 19.6. The third kappa shape index (κ3) is 3.20. The highest BCUT2D eigenvalue weighted by Gasteiger charge is 2.38. The van der Waals surface area contributed by atoms with Crippen LogP contribution in [-0.2, 0) is 4.74 Å². The Kier molecular flexibility index (Phi) is 4.51. The topological polar surface area (TPSA) is 69.0 Å². The normalized spacial score (nSPS) is 27.5. The van der Waals surface area contributed by atoms with Crippen LogP contribution in [0.3, 0.4) is 0 Å². The molecule has 2 fully saturated rings. The van der Waals surface area contributed by atoms with Crippen LogP contribution >= 0.6 is 0 Å². The SMILES string of the molecule is OCC[C@H]1CN2C[C@@H](n3ccnc3-c3ccc4c(c3)OCCO4)C[C@H]2CO1. The lowest BCUT2D eigenvalue weighted by molar-refractivity contribution is -0.0567. The standard InChI is InChI=1S/C20H25N3O4/c24-6-3-17-12-22-11-15(10-16(22)13-27-17)23-5-4-21-20(23)14-1-2-18-19(9-14)26-8-7-25-18/h1-2,4-5,9,15-17,24H,3,6-8,10-13H2/t15-,16-,17-/m0/s1. The molecule has 2 aromatic rings. The Morgan fingerprint density at radius 1 is 1.11 bits per heavy atom. The van der Waals surface area contributed by atoms with Crippen LogP contribution in [-0.4, -0.2) is 71.2 Å². The summed E-state index contributed by atoms with van der Waals surface area (Å²) in [5.41, 5.74) is 1.04. The van der Waals surface area contributed by atoms with E-state index in [0.717, 1.165) is 49.0 Å². The molecule has 0 radical (unpaired) electrons. The summed E-state index contributed by atoms with van der Waals surface area (Å²) in [6.07, 6.45) is 5.85. The van der Waals surface area contributed by atoms with Gasteiger partial charge in [-0.1, -0.05) is 0 Å². The van der Waals surface area contributed by atoms with Gasteiger partial charge in [-0.3, -0.25) is 4.90 Å². The smallest absolute Gasteiger partial charge is 0.162 e. The summed E-state index contributed by atoms with van der Waals surface area (Å²) in [5.74, 6) is 2.55. The average molecular weight is 371 g/mol. The highest BCUT2D eigenvalue weighted by atomic mass is 16.6. The number of imidazole rings is 1. The molecule has 0 unspecified atom stereocenters. The van der Waals surface area contributed by atoms with E-state index < -0.39 is 0 Å². The van der Waals surface area contributed by atoms with Crippen molar-refractivity contribution in [1.29, 1.82) is 0 Å². The molecule has 3 aliphatic rings. The third-order valence-electron chi connectivity index (χ3n) is 5.78. The van der Waals surface area contributed by atoms with Crippen molar-refractivity contribution in [1.82, 2.24) is 14.5 Å². The van der Waals surface area contributed by atoms with Gasteiger partial charge in [0, 0.05) is 49.7 Å². The van der Waals surface area contributed by atoms with E-state index in [9.17, 15) is 5.11 Å². The average Bonchev–Trinajstić information content (AvgIpc) is 3.34. The first-order chi connectivity index (χ1) is 13.3. The van der Waals surface area contributed by atoms with Gasteiger partial charge < -0.3 is 23.9 Å². The molecule has 1 aromatic heterocycles. The van der Waals surface area contributed by atoms with Gasteiger partial charge in [0.1, 0.15) is 19.0 Å². The first kappa shape index (κ1) is 17.0. The lowest BCUT2D eigenvalue weighted by Crippen LogP contribution is -2.46. The minimum atomic E-state index is 0.144. The number of hydrogen-bond acceptors (Lipinski definition) is 6. The third-order valence-corrected chi connectivity index (χ3v) is 5.78. The first-order valence-corrected chi connectivity index (χ1v) is 9.71. The van der Waals surface area contributed by atoms with Crippen molar-refractivity contribution in [3.05, 3.63) is 30.6 Å². The number of ether oxygens (including phenoxy) is 3. The van der Waals surface area contributed by atoms with Crippen LogP contribution in [0, 0.1) is 0 Å².